The van der Waals surface area contributed by atoms with Gasteiger partial charge in [0.25, 0.3) is 0 Å². The molecule has 0 N–H and O–H groups in total. The summed E-state index contributed by atoms with van der Waals surface area (Å²) < 4.78 is 0. The number of rotatable bonds is 1. The first kappa shape index (κ1) is 13.1. The normalized spacial score (nSPS) is 28.6. The van der Waals surface area contributed by atoms with E-state index in [1.165, 1.54) is 53.3 Å². The fraction of sp³-hybridized carbons (Fsp3) is 0.400. The molecule has 5 rings (SSSR count). The molecule has 0 atom stereocenters. The van der Waals surface area contributed by atoms with E-state index in [1.54, 1.807) is 5.56 Å². The van der Waals surface area contributed by atoms with Crippen LogP contribution in [0.25, 0.3) is 0 Å². The summed E-state index contributed by atoms with van der Waals surface area (Å²) in [6.07, 6.45) is 7.16. The van der Waals surface area contributed by atoms with Crippen LogP contribution in [0.1, 0.15) is 37.7 Å². The quantitative estimate of drug-likeness (QED) is 0.660. The third kappa shape index (κ3) is 1.73. The molecule has 0 unspecified atom stereocenters. The predicted octanol–water partition coefficient (Wildman–Crippen LogP) is 5.75. The van der Waals surface area contributed by atoms with E-state index in [9.17, 15) is 0 Å². The maximum atomic E-state index is 2.50. The minimum Gasteiger partial charge on any atom is -0.343 e. The molecule has 112 valence electrons. The third-order valence-corrected chi connectivity index (χ3v) is 7.23. The Bertz CT molecular complexity index is 743. The lowest BCUT2D eigenvalue weighted by molar-refractivity contribution is 0.418. The highest BCUT2D eigenvalue weighted by molar-refractivity contribution is 7.99. The van der Waals surface area contributed by atoms with Gasteiger partial charge in [0.1, 0.15) is 0 Å². The van der Waals surface area contributed by atoms with Crippen molar-refractivity contribution in [1.29, 1.82) is 0 Å². The van der Waals surface area contributed by atoms with E-state index in [1.807, 2.05) is 11.8 Å². The lowest BCUT2D eigenvalue weighted by Gasteiger charge is -2.32. The maximum Gasteiger partial charge on any atom is 0.0550 e. The first-order valence-corrected chi connectivity index (χ1v) is 9.22. The Labute approximate surface area is 136 Å². The molecule has 2 aromatic carbocycles. The van der Waals surface area contributed by atoms with E-state index in [-0.39, 0.29) is 0 Å². The Morgan fingerprint density at radius 1 is 1.00 bits per heavy atom. The fourth-order valence-corrected chi connectivity index (χ4v) is 6.06. The SMILES string of the molecule is CN1c2ccccc2Sc2cc(C34CCC(CC3)C4)ccc21. The molecule has 0 aromatic heterocycles. The molecular formula is C20H21NS. The van der Waals surface area contributed by atoms with Gasteiger partial charge in [0.05, 0.1) is 11.4 Å². The van der Waals surface area contributed by atoms with Crippen LogP contribution < -0.4 is 4.90 Å². The molecule has 0 amide bonds. The van der Waals surface area contributed by atoms with Crippen LogP contribution in [0.3, 0.4) is 0 Å². The van der Waals surface area contributed by atoms with Gasteiger partial charge in [0, 0.05) is 16.8 Å². The summed E-state index contributed by atoms with van der Waals surface area (Å²) in [6, 6.07) is 16.0. The van der Waals surface area contributed by atoms with Crippen molar-refractivity contribution < 1.29 is 0 Å². The molecule has 0 saturated heterocycles. The summed E-state index contributed by atoms with van der Waals surface area (Å²) in [5.41, 5.74) is 4.80. The van der Waals surface area contributed by atoms with Crippen molar-refractivity contribution in [3.05, 3.63) is 48.0 Å². The van der Waals surface area contributed by atoms with Crippen molar-refractivity contribution in [2.75, 3.05) is 11.9 Å². The van der Waals surface area contributed by atoms with Gasteiger partial charge < -0.3 is 4.90 Å². The van der Waals surface area contributed by atoms with Crippen molar-refractivity contribution in [2.45, 2.75) is 47.3 Å². The van der Waals surface area contributed by atoms with Crippen molar-refractivity contribution in [3.63, 3.8) is 0 Å². The highest BCUT2D eigenvalue weighted by atomic mass is 32.2. The zero-order chi connectivity index (χ0) is 14.7. The number of fused-ring (bicyclic) bond motifs is 4. The second kappa shape index (κ2) is 4.55. The molecule has 2 aliphatic carbocycles. The third-order valence-electron chi connectivity index (χ3n) is 6.12. The Kier molecular flexibility index (Phi) is 2.70. The van der Waals surface area contributed by atoms with Gasteiger partial charge in [-0.2, -0.15) is 0 Å². The molecule has 1 heterocycles. The van der Waals surface area contributed by atoms with Crippen molar-refractivity contribution >= 4 is 23.1 Å². The van der Waals surface area contributed by atoms with Crippen LogP contribution in [0.2, 0.25) is 0 Å². The van der Waals surface area contributed by atoms with E-state index >= 15 is 0 Å². The maximum absolute atomic E-state index is 2.50. The van der Waals surface area contributed by atoms with Crippen LogP contribution >= 0.6 is 11.8 Å². The van der Waals surface area contributed by atoms with E-state index in [0.29, 0.717) is 5.41 Å². The average molecular weight is 307 g/mol. The van der Waals surface area contributed by atoms with Crippen LogP contribution in [0, 0.1) is 5.92 Å². The van der Waals surface area contributed by atoms with E-state index in [2.05, 4.69) is 54.4 Å². The van der Waals surface area contributed by atoms with Crippen LogP contribution in [0.15, 0.2) is 52.3 Å². The minimum atomic E-state index is 0.510. The number of nitrogens with zero attached hydrogens (tertiary/aromatic N) is 1. The van der Waals surface area contributed by atoms with E-state index < -0.39 is 0 Å². The molecule has 3 aliphatic rings. The summed E-state index contributed by atoms with van der Waals surface area (Å²) in [7, 11) is 2.19. The van der Waals surface area contributed by atoms with Crippen molar-refractivity contribution in [1.82, 2.24) is 0 Å². The zero-order valence-electron chi connectivity index (χ0n) is 13.0. The smallest absolute Gasteiger partial charge is 0.0550 e. The molecule has 2 heteroatoms. The summed E-state index contributed by atoms with van der Waals surface area (Å²) in [5.74, 6) is 1.01. The van der Waals surface area contributed by atoms with Crippen LogP contribution in [-0.4, -0.2) is 7.05 Å². The van der Waals surface area contributed by atoms with Crippen LogP contribution in [-0.2, 0) is 5.41 Å². The van der Waals surface area contributed by atoms with Gasteiger partial charge in [-0.1, -0.05) is 30.0 Å². The molecule has 2 fully saturated rings. The molecule has 2 aromatic rings. The Morgan fingerprint density at radius 3 is 2.55 bits per heavy atom. The Hall–Kier alpha value is -1.41. The number of benzene rings is 2. The number of hydrogen-bond donors (Lipinski definition) is 0. The lowest BCUT2D eigenvalue weighted by Crippen LogP contribution is -2.21. The highest BCUT2D eigenvalue weighted by Gasteiger charge is 2.46. The summed E-state index contributed by atoms with van der Waals surface area (Å²) in [5, 5.41) is 0. The van der Waals surface area contributed by atoms with Gasteiger partial charge in [-0.05, 0) is 73.3 Å². The minimum absolute atomic E-state index is 0.510. The monoisotopic (exact) mass is 307 g/mol. The van der Waals surface area contributed by atoms with Gasteiger partial charge in [-0.25, -0.2) is 0 Å². The zero-order valence-corrected chi connectivity index (χ0v) is 13.8. The predicted molar refractivity (Wildman–Crippen MR) is 93.3 cm³/mol. The molecule has 0 spiro atoms. The summed E-state index contributed by atoms with van der Waals surface area (Å²) in [4.78, 5) is 5.15. The van der Waals surface area contributed by atoms with E-state index in [4.69, 9.17) is 0 Å². The highest BCUT2D eigenvalue weighted by Crippen LogP contribution is 2.57. The number of anilines is 2. The largest absolute Gasteiger partial charge is 0.343 e. The molecular weight excluding hydrogens is 286 g/mol. The number of hydrogen-bond acceptors (Lipinski definition) is 2. The van der Waals surface area contributed by atoms with Gasteiger partial charge in [0.2, 0.25) is 0 Å². The fourth-order valence-electron chi connectivity index (χ4n) is 4.87. The van der Waals surface area contributed by atoms with Gasteiger partial charge in [0.15, 0.2) is 0 Å². The summed E-state index contributed by atoms with van der Waals surface area (Å²) >= 11 is 1.94. The standard InChI is InChI=1S/C20H21NS/c1-21-16-4-2-3-5-18(16)22-19-12-15(6-7-17(19)21)20-10-8-14(13-20)9-11-20/h2-7,12,14H,8-11,13H2,1H3. The second-order valence-electron chi connectivity index (χ2n) is 7.24. The van der Waals surface area contributed by atoms with Crippen molar-refractivity contribution in [2.24, 2.45) is 5.92 Å². The Morgan fingerprint density at radius 2 is 1.77 bits per heavy atom. The molecule has 1 nitrogen and oxygen atoms in total. The van der Waals surface area contributed by atoms with Gasteiger partial charge in [-0.3, -0.25) is 0 Å². The summed E-state index contributed by atoms with van der Waals surface area (Å²) in [6.45, 7) is 0. The number of para-hydroxylation sites is 1. The van der Waals surface area contributed by atoms with Crippen molar-refractivity contribution in [3.8, 4) is 0 Å². The molecule has 0 radical (unpaired) electrons. The van der Waals surface area contributed by atoms with Crippen LogP contribution in [0.5, 0.6) is 0 Å². The molecule has 22 heavy (non-hydrogen) atoms. The lowest BCUT2D eigenvalue weighted by atomic mass is 9.78. The first-order valence-electron chi connectivity index (χ1n) is 8.40. The average Bonchev–Trinajstić information content (AvgIpc) is 3.17. The molecule has 2 bridgehead atoms. The topological polar surface area (TPSA) is 3.24 Å². The van der Waals surface area contributed by atoms with Gasteiger partial charge in [-0.15, -0.1) is 0 Å². The van der Waals surface area contributed by atoms with Crippen LogP contribution in [0.4, 0.5) is 11.4 Å². The molecule has 2 saturated carbocycles. The first-order chi connectivity index (χ1) is 10.8. The second-order valence-corrected chi connectivity index (χ2v) is 8.32. The van der Waals surface area contributed by atoms with Gasteiger partial charge >= 0.3 is 0 Å². The Balaban J connectivity index is 1.59. The molecule has 1 aliphatic heterocycles. The van der Waals surface area contributed by atoms with E-state index in [0.717, 1.165) is 5.92 Å².